The Bertz CT molecular complexity index is 736. The zero-order chi connectivity index (χ0) is 17.3. The van der Waals surface area contributed by atoms with Crippen molar-refractivity contribution in [1.82, 2.24) is 19.7 Å². The average Bonchev–Trinajstić information content (AvgIpc) is 3.58. The molecule has 2 aliphatic carbocycles. The van der Waals surface area contributed by atoms with Gasteiger partial charge in [0.2, 0.25) is 0 Å². The molecule has 0 bridgehead atoms. The van der Waals surface area contributed by atoms with Crippen LogP contribution in [0.15, 0.2) is 30.7 Å². The van der Waals surface area contributed by atoms with Crippen molar-refractivity contribution in [2.75, 3.05) is 19.8 Å². The van der Waals surface area contributed by atoms with Gasteiger partial charge in [-0.05, 0) is 61.1 Å². The van der Waals surface area contributed by atoms with E-state index in [9.17, 15) is 0 Å². The topological polar surface area (TPSA) is 43.2 Å². The molecule has 5 rings (SSSR count). The van der Waals surface area contributed by atoms with E-state index in [0.717, 1.165) is 51.1 Å². The fourth-order valence-corrected chi connectivity index (χ4v) is 4.03. The first-order valence-electron chi connectivity index (χ1n) is 10.1. The van der Waals surface area contributed by atoms with Gasteiger partial charge in [-0.1, -0.05) is 6.07 Å². The quantitative estimate of drug-likeness (QED) is 0.732. The minimum absolute atomic E-state index is 0.305. The molecule has 0 aromatic carbocycles. The third-order valence-electron chi connectivity index (χ3n) is 5.95. The minimum atomic E-state index is 0.305. The Morgan fingerprint density at radius 3 is 2.73 bits per heavy atom. The van der Waals surface area contributed by atoms with Crippen LogP contribution in [-0.2, 0) is 24.2 Å². The van der Waals surface area contributed by atoms with Gasteiger partial charge in [0.05, 0.1) is 24.5 Å². The molecule has 1 unspecified atom stereocenters. The molecule has 138 valence electrons. The fraction of sp³-hybridized carbons (Fsp3) is 0.619. The van der Waals surface area contributed by atoms with Gasteiger partial charge in [-0.15, -0.1) is 0 Å². The molecule has 3 heterocycles. The van der Waals surface area contributed by atoms with Crippen LogP contribution in [0.2, 0.25) is 0 Å². The summed E-state index contributed by atoms with van der Waals surface area (Å²) in [6.45, 7) is 4.77. The summed E-state index contributed by atoms with van der Waals surface area (Å²) in [7, 11) is 0. The van der Waals surface area contributed by atoms with Gasteiger partial charge in [-0.25, -0.2) is 0 Å². The predicted octanol–water partition coefficient (Wildman–Crippen LogP) is 3.21. The summed E-state index contributed by atoms with van der Waals surface area (Å²) < 4.78 is 8.45. The SMILES string of the molecule is c1cncc(CN2CCc3cnn(CC4CC4)c3C2COCC2CC2)c1. The molecular weight excluding hydrogens is 324 g/mol. The molecule has 2 saturated carbocycles. The third kappa shape index (κ3) is 3.69. The van der Waals surface area contributed by atoms with E-state index in [2.05, 4.69) is 26.8 Å². The Labute approximate surface area is 155 Å². The maximum absolute atomic E-state index is 6.17. The Morgan fingerprint density at radius 1 is 1.08 bits per heavy atom. The van der Waals surface area contributed by atoms with Crippen molar-refractivity contribution in [3.63, 3.8) is 0 Å². The number of nitrogens with zero attached hydrogens (tertiary/aromatic N) is 4. The second kappa shape index (κ2) is 7.12. The van der Waals surface area contributed by atoms with Gasteiger partial charge >= 0.3 is 0 Å². The minimum Gasteiger partial charge on any atom is -0.379 e. The van der Waals surface area contributed by atoms with E-state index in [-0.39, 0.29) is 0 Å². The zero-order valence-corrected chi connectivity index (χ0v) is 15.4. The first kappa shape index (κ1) is 16.5. The lowest BCUT2D eigenvalue weighted by atomic mass is 9.99. The summed E-state index contributed by atoms with van der Waals surface area (Å²) in [5.41, 5.74) is 4.10. The largest absolute Gasteiger partial charge is 0.379 e. The second-order valence-corrected chi connectivity index (χ2v) is 8.26. The summed E-state index contributed by atoms with van der Waals surface area (Å²) in [6, 6.07) is 4.51. The number of pyridine rings is 1. The maximum atomic E-state index is 6.17. The van der Waals surface area contributed by atoms with Gasteiger partial charge in [0.1, 0.15) is 0 Å². The summed E-state index contributed by atoms with van der Waals surface area (Å²) in [4.78, 5) is 6.86. The highest BCUT2D eigenvalue weighted by molar-refractivity contribution is 5.26. The molecule has 5 nitrogen and oxygen atoms in total. The van der Waals surface area contributed by atoms with Crippen molar-refractivity contribution in [2.45, 2.75) is 51.2 Å². The molecule has 1 aliphatic heterocycles. The molecule has 26 heavy (non-hydrogen) atoms. The predicted molar refractivity (Wildman–Crippen MR) is 99.6 cm³/mol. The van der Waals surface area contributed by atoms with Gasteiger partial charge < -0.3 is 4.74 Å². The Kier molecular flexibility index (Phi) is 4.51. The van der Waals surface area contributed by atoms with E-state index in [1.807, 2.05) is 18.5 Å². The normalized spacial score (nSPS) is 23.2. The molecular formula is C21H28N4O. The number of hydrogen-bond acceptors (Lipinski definition) is 4. The second-order valence-electron chi connectivity index (χ2n) is 8.26. The van der Waals surface area contributed by atoms with Crippen molar-refractivity contribution in [2.24, 2.45) is 11.8 Å². The van der Waals surface area contributed by atoms with Crippen LogP contribution in [0.5, 0.6) is 0 Å². The van der Waals surface area contributed by atoms with Crippen molar-refractivity contribution in [3.8, 4) is 0 Å². The molecule has 0 spiro atoms. The van der Waals surface area contributed by atoms with Gasteiger partial charge in [-0.3, -0.25) is 14.6 Å². The first-order valence-corrected chi connectivity index (χ1v) is 10.1. The highest BCUT2D eigenvalue weighted by Gasteiger charge is 2.34. The molecule has 2 fully saturated rings. The molecule has 2 aromatic rings. The lowest BCUT2D eigenvalue weighted by molar-refractivity contribution is 0.0406. The average molecular weight is 352 g/mol. The van der Waals surface area contributed by atoms with E-state index >= 15 is 0 Å². The summed E-state index contributed by atoms with van der Waals surface area (Å²) in [5.74, 6) is 1.64. The number of aromatic nitrogens is 3. The molecule has 0 radical (unpaired) electrons. The number of ether oxygens (including phenoxy) is 1. The van der Waals surface area contributed by atoms with Crippen LogP contribution in [-0.4, -0.2) is 39.4 Å². The smallest absolute Gasteiger partial charge is 0.0760 e. The molecule has 2 aromatic heterocycles. The van der Waals surface area contributed by atoms with Gasteiger partial charge in [0.15, 0.2) is 0 Å². The van der Waals surface area contributed by atoms with Crippen LogP contribution >= 0.6 is 0 Å². The highest BCUT2D eigenvalue weighted by atomic mass is 16.5. The fourth-order valence-electron chi connectivity index (χ4n) is 4.03. The van der Waals surface area contributed by atoms with E-state index in [1.165, 1.54) is 42.5 Å². The molecule has 5 heteroatoms. The molecule has 3 aliphatic rings. The van der Waals surface area contributed by atoms with E-state index in [1.54, 1.807) is 0 Å². The molecule has 0 saturated heterocycles. The monoisotopic (exact) mass is 352 g/mol. The third-order valence-corrected chi connectivity index (χ3v) is 5.95. The molecule has 1 atom stereocenters. The maximum Gasteiger partial charge on any atom is 0.0760 e. The number of fused-ring (bicyclic) bond motifs is 1. The standard InChI is InChI=1S/C21H28N4O/c1-2-18(10-22-8-1)12-24-9-7-19-11-23-25(13-16-3-4-16)21(19)20(24)15-26-14-17-5-6-17/h1-2,8,10-11,16-17,20H,3-7,9,12-15H2. The van der Waals surface area contributed by atoms with Crippen molar-refractivity contribution in [1.29, 1.82) is 0 Å². The van der Waals surface area contributed by atoms with Crippen LogP contribution in [0.25, 0.3) is 0 Å². The van der Waals surface area contributed by atoms with E-state index < -0.39 is 0 Å². The summed E-state index contributed by atoms with van der Waals surface area (Å²) in [6.07, 6.45) is 12.4. The van der Waals surface area contributed by atoms with Crippen molar-refractivity contribution >= 4 is 0 Å². The van der Waals surface area contributed by atoms with Gasteiger partial charge in [-0.2, -0.15) is 5.10 Å². The van der Waals surface area contributed by atoms with Gasteiger partial charge in [0, 0.05) is 38.6 Å². The van der Waals surface area contributed by atoms with Gasteiger partial charge in [0.25, 0.3) is 0 Å². The van der Waals surface area contributed by atoms with E-state index in [4.69, 9.17) is 9.84 Å². The molecule has 0 N–H and O–H groups in total. The van der Waals surface area contributed by atoms with Crippen LogP contribution in [0.4, 0.5) is 0 Å². The van der Waals surface area contributed by atoms with Crippen LogP contribution in [0.3, 0.4) is 0 Å². The lowest BCUT2D eigenvalue weighted by Crippen LogP contribution is -2.38. The Balaban J connectivity index is 1.37. The van der Waals surface area contributed by atoms with E-state index in [0.29, 0.717) is 6.04 Å². The van der Waals surface area contributed by atoms with Crippen LogP contribution < -0.4 is 0 Å². The highest BCUT2D eigenvalue weighted by Crippen LogP contribution is 2.36. The number of hydrogen-bond donors (Lipinski definition) is 0. The van der Waals surface area contributed by atoms with Crippen molar-refractivity contribution < 1.29 is 4.74 Å². The lowest BCUT2D eigenvalue weighted by Gasteiger charge is -2.36. The summed E-state index contributed by atoms with van der Waals surface area (Å²) in [5, 5.41) is 4.75. The number of rotatable bonds is 8. The zero-order valence-electron chi connectivity index (χ0n) is 15.4. The van der Waals surface area contributed by atoms with Crippen LogP contribution in [0.1, 0.15) is 48.5 Å². The summed E-state index contributed by atoms with van der Waals surface area (Å²) >= 11 is 0. The Morgan fingerprint density at radius 2 is 1.96 bits per heavy atom. The van der Waals surface area contributed by atoms with Crippen LogP contribution in [0, 0.1) is 11.8 Å². The van der Waals surface area contributed by atoms with Crippen molar-refractivity contribution in [3.05, 3.63) is 47.5 Å². The first-order chi connectivity index (χ1) is 12.9. The molecule has 0 amide bonds. The Hall–Kier alpha value is -1.72.